The highest BCUT2D eigenvalue weighted by molar-refractivity contribution is 5.55. The quantitative estimate of drug-likeness (QED) is 0.714. The summed E-state index contributed by atoms with van der Waals surface area (Å²) in [6.07, 6.45) is 0. The van der Waals surface area contributed by atoms with Crippen molar-refractivity contribution in [2.75, 3.05) is 13.7 Å². The molecule has 0 unspecified atom stereocenters. The first-order chi connectivity index (χ1) is 11.8. The van der Waals surface area contributed by atoms with Gasteiger partial charge in [-0.3, -0.25) is 0 Å². The van der Waals surface area contributed by atoms with Crippen molar-refractivity contribution in [1.82, 2.24) is 20.2 Å². The highest BCUT2D eigenvalue weighted by Crippen LogP contribution is 2.21. The van der Waals surface area contributed by atoms with Gasteiger partial charge in [-0.25, -0.2) is 4.68 Å². The average molecular weight is 326 g/mol. The number of tetrazole rings is 1. The Labute approximate surface area is 139 Å². The van der Waals surface area contributed by atoms with Crippen LogP contribution in [0, 0.1) is 0 Å². The zero-order chi connectivity index (χ0) is 16.8. The number of rotatable bonds is 7. The topological polar surface area (TPSA) is 82.3 Å². The molecule has 0 bridgehead atoms. The Kier molecular flexibility index (Phi) is 5.02. The van der Waals surface area contributed by atoms with Gasteiger partial charge in [-0.2, -0.15) is 0 Å². The van der Waals surface area contributed by atoms with E-state index in [-0.39, 0.29) is 6.61 Å². The second kappa shape index (κ2) is 7.56. The third kappa shape index (κ3) is 3.69. The van der Waals surface area contributed by atoms with Crippen LogP contribution in [0.2, 0.25) is 0 Å². The van der Waals surface area contributed by atoms with E-state index in [9.17, 15) is 0 Å². The summed E-state index contributed by atoms with van der Waals surface area (Å²) < 4.78 is 12.5. The molecule has 3 aromatic rings. The van der Waals surface area contributed by atoms with Crippen molar-refractivity contribution in [3.63, 3.8) is 0 Å². The molecule has 0 aliphatic rings. The summed E-state index contributed by atoms with van der Waals surface area (Å²) in [6.45, 7) is 0.824. The molecule has 0 fully saturated rings. The normalized spacial score (nSPS) is 10.6. The number of ether oxygens (including phenoxy) is 2. The third-order valence-electron chi connectivity index (χ3n) is 3.52. The first-order valence-corrected chi connectivity index (χ1v) is 7.53. The van der Waals surface area contributed by atoms with E-state index >= 15 is 0 Å². The largest absolute Gasteiger partial charge is 0.497 e. The number of benzene rings is 2. The first kappa shape index (κ1) is 15.9. The lowest BCUT2D eigenvalue weighted by molar-refractivity contribution is 0.269. The maximum atomic E-state index is 9.02. The van der Waals surface area contributed by atoms with E-state index in [2.05, 4.69) is 15.5 Å². The Morgan fingerprint density at radius 3 is 2.38 bits per heavy atom. The van der Waals surface area contributed by atoms with Crippen LogP contribution < -0.4 is 9.47 Å². The molecule has 1 N–H and O–H groups in total. The SMILES string of the molecule is COc1ccc(COc2ccc(-c3nnnn3CCO)cc2)cc1. The number of methoxy groups -OCH3 is 1. The van der Waals surface area contributed by atoms with Crippen molar-refractivity contribution in [3.05, 3.63) is 54.1 Å². The fourth-order valence-corrected chi connectivity index (χ4v) is 2.25. The van der Waals surface area contributed by atoms with Gasteiger partial charge in [0.25, 0.3) is 0 Å². The Morgan fingerprint density at radius 2 is 1.71 bits per heavy atom. The zero-order valence-corrected chi connectivity index (χ0v) is 13.3. The van der Waals surface area contributed by atoms with Crippen molar-refractivity contribution in [3.8, 4) is 22.9 Å². The van der Waals surface area contributed by atoms with Crippen LogP contribution in [0.15, 0.2) is 48.5 Å². The van der Waals surface area contributed by atoms with Crippen molar-refractivity contribution >= 4 is 0 Å². The molecule has 0 atom stereocenters. The highest BCUT2D eigenvalue weighted by atomic mass is 16.5. The van der Waals surface area contributed by atoms with Crippen LogP contribution in [0.3, 0.4) is 0 Å². The predicted molar refractivity (Wildman–Crippen MR) is 87.7 cm³/mol. The summed E-state index contributed by atoms with van der Waals surface area (Å²) in [5.74, 6) is 2.20. The minimum absolute atomic E-state index is 0.0128. The van der Waals surface area contributed by atoms with E-state index in [1.54, 1.807) is 11.8 Å². The fraction of sp³-hybridized carbons (Fsp3) is 0.235. The van der Waals surface area contributed by atoms with Crippen molar-refractivity contribution in [2.45, 2.75) is 13.2 Å². The molecular weight excluding hydrogens is 308 g/mol. The molecule has 24 heavy (non-hydrogen) atoms. The van der Waals surface area contributed by atoms with E-state index < -0.39 is 0 Å². The van der Waals surface area contributed by atoms with Gasteiger partial charge in [0.1, 0.15) is 18.1 Å². The second-order valence-electron chi connectivity index (χ2n) is 5.11. The van der Waals surface area contributed by atoms with Gasteiger partial charge in [0.15, 0.2) is 5.82 Å². The smallest absolute Gasteiger partial charge is 0.182 e. The number of aliphatic hydroxyl groups is 1. The summed E-state index contributed by atoms with van der Waals surface area (Å²) >= 11 is 0. The summed E-state index contributed by atoms with van der Waals surface area (Å²) in [7, 11) is 1.64. The lowest BCUT2D eigenvalue weighted by atomic mass is 10.2. The molecule has 0 spiro atoms. The molecule has 2 aromatic carbocycles. The lowest BCUT2D eigenvalue weighted by Crippen LogP contribution is -2.06. The minimum atomic E-state index is -0.0128. The van der Waals surface area contributed by atoms with Gasteiger partial charge in [0.2, 0.25) is 0 Å². The van der Waals surface area contributed by atoms with Gasteiger partial charge >= 0.3 is 0 Å². The maximum absolute atomic E-state index is 9.02. The van der Waals surface area contributed by atoms with Gasteiger partial charge < -0.3 is 14.6 Å². The summed E-state index contributed by atoms with van der Waals surface area (Å²) in [5.41, 5.74) is 1.93. The Bertz CT molecular complexity index is 769. The van der Waals surface area contributed by atoms with Gasteiger partial charge in [-0.15, -0.1) is 5.10 Å². The molecule has 1 aromatic heterocycles. The molecule has 0 radical (unpaired) electrons. The van der Waals surface area contributed by atoms with Crippen LogP contribution in [0.5, 0.6) is 11.5 Å². The maximum Gasteiger partial charge on any atom is 0.182 e. The molecular formula is C17H18N4O3. The summed E-state index contributed by atoms with van der Waals surface area (Å²) in [4.78, 5) is 0. The number of aliphatic hydroxyl groups excluding tert-OH is 1. The van der Waals surface area contributed by atoms with E-state index in [1.165, 1.54) is 0 Å². The van der Waals surface area contributed by atoms with Crippen LogP contribution >= 0.6 is 0 Å². The second-order valence-corrected chi connectivity index (χ2v) is 5.11. The number of aromatic nitrogens is 4. The van der Waals surface area contributed by atoms with Gasteiger partial charge in [0, 0.05) is 5.56 Å². The zero-order valence-electron chi connectivity index (χ0n) is 13.3. The van der Waals surface area contributed by atoms with E-state index in [0.29, 0.717) is 19.0 Å². The van der Waals surface area contributed by atoms with Crippen LogP contribution in [0.25, 0.3) is 11.4 Å². The first-order valence-electron chi connectivity index (χ1n) is 7.53. The molecule has 0 aliphatic heterocycles. The van der Waals surface area contributed by atoms with Crippen LogP contribution in [-0.2, 0) is 13.2 Å². The van der Waals surface area contributed by atoms with Gasteiger partial charge in [-0.05, 0) is 52.4 Å². The van der Waals surface area contributed by atoms with E-state index in [1.807, 2.05) is 48.5 Å². The lowest BCUT2D eigenvalue weighted by Gasteiger charge is -2.08. The van der Waals surface area contributed by atoms with Crippen molar-refractivity contribution in [2.24, 2.45) is 0 Å². The molecule has 7 nitrogen and oxygen atoms in total. The molecule has 0 aliphatic carbocycles. The Hall–Kier alpha value is -2.93. The molecule has 0 saturated heterocycles. The van der Waals surface area contributed by atoms with E-state index in [4.69, 9.17) is 14.6 Å². The highest BCUT2D eigenvalue weighted by Gasteiger charge is 2.08. The van der Waals surface area contributed by atoms with Crippen LogP contribution in [-0.4, -0.2) is 39.0 Å². The Morgan fingerprint density at radius 1 is 1.00 bits per heavy atom. The standard InChI is InChI=1S/C17H18N4O3/c1-23-15-6-2-13(3-7-15)12-24-16-8-4-14(5-9-16)17-18-19-20-21(17)10-11-22/h2-9,22H,10-12H2,1H3. The molecule has 0 saturated carbocycles. The monoisotopic (exact) mass is 326 g/mol. The van der Waals surface area contributed by atoms with Gasteiger partial charge in [0.05, 0.1) is 20.3 Å². The number of hydrogen-bond donors (Lipinski definition) is 1. The minimum Gasteiger partial charge on any atom is -0.497 e. The molecule has 7 heteroatoms. The fourth-order valence-electron chi connectivity index (χ4n) is 2.25. The third-order valence-corrected chi connectivity index (χ3v) is 3.52. The Balaban J connectivity index is 1.64. The van der Waals surface area contributed by atoms with Gasteiger partial charge in [-0.1, -0.05) is 12.1 Å². The molecule has 0 amide bonds. The predicted octanol–water partition coefficient (Wildman–Crippen LogP) is 1.92. The number of hydrogen-bond acceptors (Lipinski definition) is 6. The van der Waals surface area contributed by atoms with E-state index in [0.717, 1.165) is 22.6 Å². The number of nitrogens with zero attached hydrogens (tertiary/aromatic N) is 4. The summed E-state index contributed by atoms with van der Waals surface area (Å²) in [5, 5.41) is 20.5. The van der Waals surface area contributed by atoms with Crippen LogP contribution in [0.1, 0.15) is 5.56 Å². The summed E-state index contributed by atoms with van der Waals surface area (Å²) in [6, 6.07) is 15.3. The van der Waals surface area contributed by atoms with Crippen LogP contribution in [0.4, 0.5) is 0 Å². The average Bonchev–Trinajstić information content (AvgIpc) is 3.09. The van der Waals surface area contributed by atoms with Crippen molar-refractivity contribution < 1.29 is 14.6 Å². The molecule has 1 heterocycles. The molecule has 3 rings (SSSR count). The molecule has 124 valence electrons. The van der Waals surface area contributed by atoms with Crippen molar-refractivity contribution in [1.29, 1.82) is 0 Å².